The molecule has 2 aromatic carbocycles. The average Bonchev–Trinajstić information content (AvgIpc) is 3.55. The highest BCUT2D eigenvalue weighted by Gasteiger charge is 2.39. The van der Waals surface area contributed by atoms with Gasteiger partial charge in [0.05, 0.1) is 17.8 Å². The molecular weight excluding hydrogens is 581 g/mol. The van der Waals surface area contributed by atoms with E-state index < -0.39 is 36.6 Å². The molecule has 3 heterocycles. The van der Waals surface area contributed by atoms with Crippen LogP contribution in [-0.2, 0) is 13.1 Å². The molecule has 218 valence electrons. The second kappa shape index (κ2) is 11.6. The number of aromatic nitrogens is 6. The van der Waals surface area contributed by atoms with Crippen molar-refractivity contribution in [3.05, 3.63) is 106 Å². The predicted molar refractivity (Wildman–Crippen MR) is 143 cm³/mol. The second-order valence-electron chi connectivity index (χ2n) is 9.09. The van der Waals surface area contributed by atoms with Crippen molar-refractivity contribution in [2.24, 2.45) is 0 Å². The van der Waals surface area contributed by atoms with Crippen molar-refractivity contribution in [2.75, 3.05) is 0 Å². The van der Waals surface area contributed by atoms with E-state index in [-0.39, 0.29) is 23.8 Å². The zero-order valence-electron chi connectivity index (χ0n) is 21.4. The fourth-order valence-electron chi connectivity index (χ4n) is 4.10. The average molecular weight is 603 g/mol. The van der Waals surface area contributed by atoms with Gasteiger partial charge in [0.15, 0.2) is 17.8 Å². The topological polar surface area (TPSA) is 143 Å². The third-order valence-electron chi connectivity index (χ3n) is 6.19. The predicted octanol–water partition coefficient (Wildman–Crippen LogP) is 2.75. The minimum Gasteiger partial charge on any atom is -0.382 e. The van der Waals surface area contributed by atoms with Gasteiger partial charge in [0, 0.05) is 16.8 Å². The van der Waals surface area contributed by atoms with Crippen LogP contribution in [0.1, 0.15) is 16.2 Å². The van der Waals surface area contributed by atoms with E-state index in [2.05, 4.69) is 20.5 Å². The van der Waals surface area contributed by atoms with Crippen LogP contribution in [0.2, 0.25) is 5.02 Å². The minimum absolute atomic E-state index is 0.0675. The Morgan fingerprint density at radius 3 is 2.55 bits per heavy atom. The number of nitrogens with one attached hydrogen (secondary N) is 1. The molecule has 42 heavy (non-hydrogen) atoms. The third kappa shape index (κ3) is 6.12. The number of rotatable bonds is 8. The Morgan fingerprint density at radius 1 is 1.10 bits per heavy atom. The Labute approximate surface area is 240 Å². The van der Waals surface area contributed by atoms with Gasteiger partial charge in [-0.1, -0.05) is 29.8 Å². The van der Waals surface area contributed by atoms with Crippen LogP contribution < -0.4 is 11.0 Å². The normalized spacial score (nSPS) is 15.7. The van der Waals surface area contributed by atoms with Gasteiger partial charge < -0.3 is 10.4 Å². The first-order chi connectivity index (χ1) is 20.0. The van der Waals surface area contributed by atoms with Crippen molar-refractivity contribution in [1.82, 2.24) is 39.5 Å². The summed E-state index contributed by atoms with van der Waals surface area (Å²) in [5.41, 5.74) is -0.0881. The van der Waals surface area contributed by atoms with Crippen molar-refractivity contribution in [3.63, 3.8) is 0 Å². The first kappa shape index (κ1) is 28.8. The maximum atomic E-state index is 13.1. The lowest BCUT2D eigenvalue weighted by atomic mass is 10.1. The number of nitrogens with zero attached hydrogens (tertiary/aromatic N) is 7. The van der Waals surface area contributed by atoms with Crippen molar-refractivity contribution >= 4 is 17.5 Å². The summed E-state index contributed by atoms with van der Waals surface area (Å²) in [6, 6.07) is 12.4. The lowest BCUT2D eigenvalue weighted by Gasteiger charge is -2.25. The molecule has 1 unspecified atom stereocenters. The smallest absolute Gasteiger partial charge is 0.382 e. The Kier molecular flexibility index (Phi) is 7.98. The standard InChI is InChI=1S/C26H22ClF3N8O4/c27-17-10-8-16(9-11-17)23-34-36(25(41)35(23)13-20(39)26(28,29)30)14-21-31-15-37(33-21)19-6-2-1-5-18(19)24(40)32-22-7-3-4-12-38(22)42/h1-12,15,20,22,39,42H,13-14H2,(H,32,40)/t20-,22?/m0/s1. The maximum Gasteiger partial charge on any atom is 0.416 e. The van der Waals surface area contributed by atoms with Crippen LogP contribution in [0, 0.1) is 0 Å². The largest absolute Gasteiger partial charge is 0.416 e. The van der Waals surface area contributed by atoms with Crippen LogP contribution >= 0.6 is 11.6 Å². The van der Waals surface area contributed by atoms with Gasteiger partial charge in [-0.15, -0.1) is 10.2 Å². The van der Waals surface area contributed by atoms with Crippen molar-refractivity contribution in [1.29, 1.82) is 0 Å². The highest BCUT2D eigenvalue weighted by molar-refractivity contribution is 6.30. The van der Waals surface area contributed by atoms with E-state index in [4.69, 9.17) is 11.6 Å². The number of hydrogen-bond donors (Lipinski definition) is 3. The fourth-order valence-corrected chi connectivity index (χ4v) is 4.22. The van der Waals surface area contributed by atoms with Crippen LogP contribution in [0.15, 0.2) is 84.1 Å². The van der Waals surface area contributed by atoms with Gasteiger partial charge in [-0.05, 0) is 48.6 Å². The van der Waals surface area contributed by atoms with Gasteiger partial charge >= 0.3 is 11.9 Å². The number of hydroxylamine groups is 2. The van der Waals surface area contributed by atoms with Gasteiger partial charge in [0.2, 0.25) is 0 Å². The van der Waals surface area contributed by atoms with Gasteiger partial charge in [0.25, 0.3) is 5.91 Å². The van der Waals surface area contributed by atoms with Gasteiger partial charge in [-0.2, -0.15) is 13.2 Å². The highest BCUT2D eigenvalue weighted by Crippen LogP contribution is 2.24. The number of benzene rings is 2. The molecule has 1 aliphatic rings. The Morgan fingerprint density at radius 2 is 1.83 bits per heavy atom. The van der Waals surface area contributed by atoms with Gasteiger partial charge in [-0.25, -0.2) is 24.2 Å². The molecule has 2 aromatic heterocycles. The first-order valence-corrected chi connectivity index (χ1v) is 12.7. The Balaban J connectivity index is 1.43. The molecule has 0 saturated heterocycles. The number of allylic oxidation sites excluding steroid dienone is 2. The molecule has 4 aromatic rings. The molecule has 3 N–H and O–H groups in total. The summed E-state index contributed by atoms with van der Waals surface area (Å²) in [5, 5.41) is 32.0. The zero-order valence-corrected chi connectivity index (χ0v) is 22.2. The Hall–Kier alpha value is -4.73. The molecule has 5 rings (SSSR count). The number of amides is 1. The van der Waals surface area contributed by atoms with E-state index >= 15 is 0 Å². The lowest BCUT2D eigenvalue weighted by molar-refractivity contribution is -0.207. The van der Waals surface area contributed by atoms with Crippen LogP contribution in [0.3, 0.4) is 0 Å². The first-order valence-electron chi connectivity index (χ1n) is 12.3. The van der Waals surface area contributed by atoms with Crippen LogP contribution in [-0.4, -0.2) is 68.8 Å². The number of carbonyl (C=O) groups is 1. The quantitative estimate of drug-likeness (QED) is 0.279. The molecule has 16 heteroatoms. The number of alkyl halides is 3. The summed E-state index contributed by atoms with van der Waals surface area (Å²) in [6.07, 6.45) is -1.04. The third-order valence-corrected chi connectivity index (χ3v) is 6.44. The number of para-hydroxylation sites is 1. The van der Waals surface area contributed by atoms with E-state index in [0.29, 0.717) is 16.3 Å². The molecule has 0 bridgehead atoms. The van der Waals surface area contributed by atoms with Gasteiger partial charge in [0.1, 0.15) is 19.0 Å². The Bertz CT molecular complexity index is 1710. The summed E-state index contributed by atoms with van der Waals surface area (Å²) in [7, 11) is 0. The monoisotopic (exact) mass is 602 g/mol. The molecule has 0 spiro atoms. The molecule has 2 atom stereocenters. The number of hydrogen-bond acceptors (Lipinski definition) is 8. The van der Waals surface area contributed by atoms with Gasteiger partial charge in [-0.3, -0.25) is 14.6 Å². The fraction of sp³-hybridized carbons (Fsp3) is 0.192. The summed E-state index contributed by atoms with van der Waals surface area (Å²) < 4.78 is 42.3. The number of carbonyl (C=O) groups excluding carboxylic acids is 1. The molecule has 0 aliphatic carbocycles. The minimum atomic E-state index is -4.96. The van der Waals surface area contributed by atoms with Crippen molar-refractivity contribution < 1.29 is 28.3 Å². The number of aliphatic hydroxyl groups excluding tert-OH is 1. The molecule has 0 radical (unpaired) electrons. The summed E-state index contributed by atoms with van der Waals surface area (Å²) in [5.74, 6) is -0.568. The molecule has 0 saturated carbocycles. The number of halogens is 4. The summed E-state index contributed by atoms with van der Waals surface area (Å²) >= 11 is 5.92. The van der Waals surface area contributed by atoms with E-state index in [1.165, 1.54) is 41.5 Å². The molecule has 1 amide bonds. The van der Waals surface area contributed by atoms with E-state index in [1.807, 2.05) is 0 Å². The van der Waals surface area contributed by atoms with Crippen LogP contribution in [0.4, 0.5) is 13.2 Å². The van der Waals surface area contributed by atoms with E-state index in [1.54, 1.807) is 42.5 Å². The highest BCUT2D eigenvalue weighted by atomic mass is 35.5. The van der Waals surface area contributed by atoms with Crippen molar-refractivity contribution in [3.8, 4) is 17.1 Å². The van der Waals surface area contributed by atoms with Crippen LogP contribution in [0.5, 0.6) is 0 Å². The van der Waals surface area contributed by atoms with E-state index in [9.17, 15) is 33.1 Å². The van der Waals surface area contributed by atoms with Crippen LogP contribution in [0.25, 0.3) is 17.1 Å². The molecule has 1 aliphatic heterocycles. The molecular formula is C26H22ClF3N8O4. The SMILES string of the molecule is O=C(NC1C=CC=CN1O)c1ccccc1-n1cnc(Cn2nc(-c3ccc(Cl)cc3)n(C[C@H](O)C(F)(F)F)c2=O)n1. The maximum absolute atomic E-state index is 13.1. The summed E-state index contributed by atoms with van der Waals surface area (Å²) in [4.78, 5) is 30.3. The summed E-state index contributed by atoms with van der Waals surface area (Å²) in [6.45, 7) is -1.41. The molecule has 12 nitrogen and oxygen atoms in total. The van der Waals surface area contributed by atoms with Crippen molar-refractivity contribution in [2.45, 2.75) is 31.5 Å². The number of aliphatic hydroxyl groups is 1. The lowest BCUT2D eigenvalue weighted by Crippen LogP contribution is -2.44. The van der Waals surface area contributed by atoms with E-state index in [0.717, 1.165) is 14.3 Å². The zero-order chi connectivity index (χ0) is 30.0. The molecule has 0 fully saturated rings. The second-order valence-corrected chi connectivity index (χ2v) is 9.52.